The van der Waals surface area contributed by atoms with Crippen LogP contribution in [0.5, 0.6) is 5.75 Å². The highest BCUT2D eigenvalue weighted by Gasteiger charge is 2.29. The van der Waals surface area contributed by atoms with E-state index in [1.807, 2.05) is 60.7 Å². The zero-order chi connectivity index (χ0) is 21.3. The van der Waals surface area contributed by atoms with Crippen molar-refractivity contribution in [2.24, 2.45) is 0 Å². The van der Waals surface area contributed by atoms with Crippen molar-refractivity contribution in [1.29, 1.82) is 0 Å². The number of hydrogen-bond acceptors (Lipinski definition) is 4. The highest BCUT2D eigenvalue weighted by molar-refractivity contribution is 7.86. The van der Waals surface area contributed by atoms with Crippen LogP contribution in [-0.4, -0.2) is 21.0 Å². The average molecular weight is 416 g/mol. The van der Waals surface area contributed by atoms with E-state index in [0.29, 0.717) is 5.57 Å². The Labute approximate surface area is 176 Å². The topological polar surface area (TPSA) is 60.4 Å². The van der Waals surface area contributed by atoms with Gasteiger partial charge in [-0.05, 0) is 63.6 Å². The standard InChI is InChI=1S/C25H20O4S/c1-17(16-26)23-21-13-6-7-14-22(21)24(18-9-4-3-5-10-18)25(23)19-11-8-12-20(15-19)29-30(2,27)28/h3-16H,1-2H3/b23-17-. The number of hydrogen-bond donors (Lipinski definition) is 0. The molecule has 0 radical (unpaired) electrons. The zero-order valence-corrected chi connectivity index (χ0v) is 17.4. The molecule has 150 valence electrons. The fraction of sp³-hybridized carbons (Fsp3) is 0.0800. The maximum Gasteiger partial charge on any atom is 0.306 e. The Bertz CT molecular complexity index is 1300. The summed E-state index contributed by atoms with van der Waals surface area (Å²) < 4.78 is 28.4. The Balaban J connectivity index is 2.05. The first-order valence-electron chi connectivity index (χ1n) is 9.45. The van der Waals surface area contributed by atoms with Crippen LogP contribution in [0.1, 0.15) is 29.2 Å². The van der Waals surface area contributed by atoms with Gasteiger partial charge in [-0.3, -0.25) is 4.79 Å². The summed E-state index contributed by atoms with van der Waals surface area (Å²) in [5.41, 5.74) is 7.14. The number of fused-ring (bicyclic) bond motifs is 1. The Hall–Kier alpha value is -3.44. The van der Waals surface area contributed by atoms with Gasteiger partial charge < -0.3 is 4.18 Å². The van der Waals surface area contributed by atoms with Gasteiger partial charge in [-0.2, -0.15) is 8.42 Å². The average Bonchev–Trinajstić information content (AvgIpc) is 3.08. The molecule has 0 saturated carbocycles. The van der Waals surface area contributed by atoms with E-state index in [1.165, 1.54) is 0 Å². The zero-order valence-electron chi connectivity index (χ0n) is 16.6. The summed E-state index contributed by atoms with van der Waals surface area (Å²) in [5, 5.41) is 0. The van der Waals surface area contributed by atoms with Crippen LogP contribution in [0.25, 0.3) is 16.7 Å². The second-order valence-corrected chi connectivity index (χ2v) is 8.73. The first kappa shape index (κ1) is 19.9. The molecule has 0 unspecified atom stereocenters. The van der Waals surface area contributed by atoms with E-state index < -0.39 is 10.1 Å². The van der Waals surface area contributed by atoms with Crippen LogP contribution in [0.4, 0.5) is 0 Å². The quantitative estimate of drug-likeness (QED) is 0.335. The fourth-order valence-electron chi connectivity index (χ4n) is 3.85. The Morgan fingerprint density at radius 3 is 2.10 bits per heavy atom. The van der Waals surface area contributed by atoms with E-state index in [4.69, 9.17) is 4.18 Å². The number of carbonyl (C=O) groups is 1. The molecule has 0 fully saturated rings. The van der Waals surface area contributed by atoms with Gasteiger partial charge in [0.05, 0.1) is 6.26 Å². The van der Waals surface area contributed by atoms with Crippen molar-refractivity contribution in [2.45, 2.75) is 6.92 Å². The summed E-state index contributed by atoms with van der Waals surface area (Å²) >= 11 is 0. The van der Waals surface area contributed by atoms with Crippen molar-refractivity contribution >= 4 is 33.1 Å². The molecular weight excluding hydrogens is 396 g/mol. The van der Waals surface area contributed by atoms with Crippen molar-refractivity contribution in [1.82, 2.24) is 0 Å². The molecular formula is C25H20O4S. The third kappa shape index (κ3) is 3.72. The van der Waals surface area contributed by atoms with Gasteiger partial charge in [-0.15, -0.1) is 0 Å². The highest BCUT2D eigenvalue weighted by Crippen LogP contribution is 2.50. The van der Waals surface area contributed by atoms with Crippen LogP contribution in [0, 0.1) is 0 Å². The van der Waals surface area contributed by atoms with E-state index in [-0.39, 0.29) is 5.75 Å². The number of benzene rings is 3. The monoisotopic (exact) mass is 416 g/mol. The van der Waals surface area contributed by atoms with Gasteiger partial charge in [0.2, 0.25) is 0 Å². The SMILES string of the molecule is C/C(C=O)=C1/C(c2cccc(OS(C)(=O)=O)c2)=C(c2ccccc2)c2ccccc21. The van der Waals surface area contributed by atoms with Gasteiger partial charge in [-0.1, -0.05) is 66.7 Å². The normalized spacial score (nSPS) is 15.0. The lowest BCUT2D eigenvalue weighted by Gasteiger charge is -2.13. The summed E-state index contributed by atoms with van der Waals surface area (Å²) in [7, 11) is -3.66. The van der Waals surface area contributed by atoms with Crippen LogP contribution in [0.15, 0.2) is 84.4 Å². The van der Waals surface area contributed by atoms with Gasteiger partial charge in [0.15, 0.2) is 0 Å². The predicted molar refractivity (Wildman–Crippen MR) is 119 cm³/mol. The summed E-state index contributed by atoms with van der Waals surface area (Å²) in [6.45, 7) is 1.80. The molecule has 3 aromatic rings. The predicted octanol–water partition coefficient (Wildman–Crippen LogP) is 4.97. The van der Waals surface area contributed by atoms with Crippen molar-refractivity contribution in [2.75, 3.05) is 6.26 Å². The third-order valence-electron chi connectivity index (χ3n) is 4.97. The van der Waals surface area contributed by atoms with Crippen LogP contribution in [0.3, 0.4) is 0 Å². The Morgan fingerprint density at radius 1 is 0.800 bits per heavy atom. The maximum atomic E-state index is 11.8. The van der Waals surface area contributed by atoms with E-state index >= 15 is 0 Å². The van der Waals surface area contributed by atoms with Gasteiger partial charge in [-0.25, -0.2) is 0 Å². The lowest BCUT2D eigenvalue weighted by Crippen LogP contribution is -2.05. The van der Waals surface area contributed by atoms with E-state index in [1.54, 1.807) is 25.1 Å². The van der Waals surface area contributed by atoms with Crippen molar-refractivity contribution in [3.8, 4) is 5.75 Å². The fourth-order valence-corrected chi connectivity index (χ4v) is 4.31. The molecule has 0 aliphatic heterocycles. The van der Waals surface area contributed by atoms with Crippen molar-refractivity contribution < 1.29 is 17.4 Å². The van der Waals surface area contributed by atoms with Gasteiger partial charge in [0.25, 0.3) is 0 Å². The molecule has 0 saturated heterocycles. The molecule has 0 heterocycles. The third-order valence-corrected chi connectivity index (χ3v) is 5.46. The Morgan fingerprint density at radius 2 is 1.43 bits per heavy atom. The lowest BCUT2D eigenvalue weighted by molar-refractivity contribution is -0.104. The van der Waals surface area contributed by atoms with Crippen LogP contribution in [-0.2, 0) is 14.9 Å². The van der Waals surface area contributed by atoms with E-state index in [9.17, 15) is 13.2 Å². The molecule has 1 aliphatic carbocycles. The number of rotatable bonds is 5. The van der Waals surface area contributed by atoms with E-state index in [2.05, 4.69) is 0 Å². The van der Waals surface area contributed by atoms with Crippen molar-refractivity contribution in [3.63, 3.8) is 0 Å². The summed E-state index contributed by atoms with van der Waals surface area (Å²) in [5.74, 6) is 0.231. The summed E-state index contributed by atoms with van der Waals surface area (Å²) in [4.78, 5) is 11.8. The molecule has 0 aromatic heterocycles. The molecule has 4 rings (SSSR count). The lowest BCUT2D eigenvalue weighted by atomic mass is 9.91. The van der Waals surface area contributed by atoms with Crippen LogP contribution >= 0.6 is 0 Å². The maximum absolute atomic E-state index is 11.8. The molecule has 0 amide bonds. The second kappa shape index (κ2) is 7.76. The molecule has 3 aromatic carbocycles. The minimum absolute atomic E-state index is 0.231. The van der Waals surface area contributed by atoms with Crippen LogP contribution in [0.2, 0.25) is 0 Å². The van der Waals surface area contributed by atoms with Gasteiger partial charge >= 0.3 is 10.1 Å². The largest absolute Gasteiger partial charge is 0.383 e. The number of carbonyl (C=O) groups excluding carboxylic acids is 1. The number of aldehydes is 1. The molecule has 0 N–H and O–H groups in total. The first-order valence-corrected chi connectivity index (χ1v) is 11.3. The van der Waals surface area contributed by atoms with Crippen molar-refractivity contribution in [3.05, 3.63) is 107 Å². The molecule has 5 heteroatoms. The van der Waals surface area contributed by atoms with Crippen LogP contribution < -0.4 is 4.18 Å². The molecule has 4 nitrogen and oxygen atoms in total. The minimum atomic E-state index is -3.66. The molecule has 0 bridgehead atoms. The first-order chi connectivity index (χ1) is 14.4. The van der Waals surface area contributed by atoms with Gasteiger partial charge in [0, 0.05) is 0 Å². The highest BCUT2D eigenvalue weighted by atomic mass is 32.2. The second-order valence-electron chi connectivity index (χ2n) is 7.15. The van der Waals surface area contributed by atoms with Gasteiger partial charge in [0.1, 0.15) is 12.0 Å². The molecule has 1 aliphatic rings. The molecule has 0 atom stereocenters. The minimum Gasteiger partial charge on any atom is -0.383 e. The molecule has 30 heavy (non-hydrogen) atoms. The summed E-state index contributed by atoms with van der Waals surface area (Å²) in [6, 6.07) is 24.9. The smallest absolute Gasteiger partial charge is 0.306 e. The summed E-state index contributed by atoms with van der Waals surface area (Å²) in [6.07, 6.45) is 1.87. The number of allylic oxidation sites excluding steroid dienone is 3. The van der Waals surface area contributed by atoms with E-state index in [0.717, 1.165) is 51.5 Å². The molecule has 0 spiro atoms. The Kier molecular flexibility index (Phi) is 5.14.